The SMILES string of the molecule is COc1ccc(F)cc1C(=O)Nc1nc(-c2ccc(OC(F)F)cc2)c(C)s1. The number of rotatable bonds is 6. The van der Waals surface area contributed by atoms with Gasteiger partial charge in [0.15, 0.2) is 5.13 Å². The molecule has 3 rings (SSSR count). The molecule has 1 aromatic heterocycles. The number of carbonyl (C=O) groups excluding carboxylic acids is 1. The molecule has 3 aromatic rings. The average molecular weight is 408 g/mol. The number of aryl methyl sites for hydroxylation is 1. The Labute approximate surface area is 162 Å². The summed E-state index contributed by atoms with van der Waals surface area (Å²) in [6.45, 7) is -1.08. The van der Waals surface area contributed by atoms with Crippen molar-refractivity contribution in [2.75, 3.05) is 12.4 Å². The molecule has 0 bridgehead atoms. The number of nitrogens with one attached hydrogen (secondary N) is 1. The van der Waals surface area contributed by atoms with E-state index in [0.717, 1.165) is 10.9 Å². The third-order valence-electron chi connectivity index (χ3n) is 3.78. The molecule has 5 nitrogen and oxygen atoms in total. The van der Waals surface area contributed by atoms with Gasteiger partial charge in [0.1, 0.15) is 17.3 Å². The predicted molar refractivity (Wildman–Crippen MR) is 99.8 cm³/mol. The van der Waals surface area contributed by atoms with Crippen molar-refractivity contribution < 1.29 is 27.4 Å². The minimum Gasteiger partial charge on any atom is -0.496 e. The molecule has 0 radical (unpaired) electrons. The molecule has 0 unspecified atom stereocenters. The van der Waals surface area contributed by atoms with Crippen LogP contribution in [0.3, 0.4) is 0 Å². The third-order valence-corrected chi connectivity index (χ3v) is 4.66. The van der Waals surface area contributed by atoms with Crippen molar-refractivity contribution in [3.05, 3.63) is 58.7 Å². The lowest BCUT2D eigenvalue weighted by atomic mass is 10.1. The highest BCUT2D eigenvalue weighted by atomic mass is 32.1. The maximum Gasteiger partial charge on any atom is 0.387 e. The Morgan fingerprint density at radius 1 is 1.18 bits per heavy atom. The van der Waals surface area contributed by atoms with Crippen molar-refractivity contribution in [3.8, 4) is 22.8 Å². The predicted octanol–water partition coefficient (Wildman–Crippen LogP) is 5.12. The van der Waals surface area contributed by atoms with E-state index in [1.54, 1.807) is 12.1 Å². The van der Waals surface area contributed by atoms with Crippen LogP contribution in [-0.4, -0.2) is 24.6 Å². The zero-order chi connectivity index (χ0) is 20.3. The van der Waals surface area contributed by atoms with Gasteiger partial charge in [-0.2, -0.15) is 8.78 Å². The van der Waals surface area contributed by atoms with Crippen LogP contribution in [0.4, 0.5) is 18.3 Å². The summed E-state index contributed by atoms with van der Waals surface area (Å²) in [6.07, 6.45) is 0. The largest absolute Gasteiger partial charge is 0.496 e. The first kappa shape index (κ1) is 19.7. The van der Waals surface area contributed by atoms with Gasteiger partial charge in [-0.05, 0) is 49.4 Å². The van der Waals surface area contributed by atoms with E-state index in [4.69, 9.17) is 4.74 Å². The Hall–Kier alpha value is -3.07. The number of amides is 1. The fourth-order valence-electron chi connectivity index (χ4n) is 2.53. The molecule has 9 heteroatoms. The minimum atomic E-state index is -2.89. The van der Waals surface area contributed by atoms with Crippen LogP contribution in [0.25, 0.3) is 11.3 Å². The summed E-state index contributed by atoms with van der Waals surface area (Å²) in [5.74, 6) is -0.842. The van der Waals surface area contributed by atoms with Gasteiger partial charge in [-0.1, -0.05) is 0 Å². The number of thiazole rings is 1. The van der Waals surface area contributed by atoms with Gasteiger partial charge in [0.2, 0.25) is 0 Å². The van der Waals surface area contributed by atoms with Crippen molar-refractivity contribution >= 4 is 22.4 Å². The van der Waals surface area contributed by atoms with Gasteiger partial charge in [-0.3, -0.25) is 10.1 Å². The number of methoxy groups -OCH3 is 1. The summed E-state index contributed by atoms with van der Waals surface area (Å²) in [4.78, 5) is 17.7. The van der Waals surface area contributed by atoms with E-state index in [2.05, 4.69) is 15.0 Å². The third kappa shape index (κ3) is 4.42. The van der Waals surface area contributed by atoms with Crippen LogP contribution in [0.2, 0.25) is 0 Å². The van der Waals surface area contributed by atoms with Crippen LogP contribution in [0.1, 0.15) is 15.2 Å². The van der Waals surface area contributed by atoms with Gasteiger partial charge < -0.3 is 9.47 Å². The molecule has 2 aromatic carbocycles. The lowest BCUT2D eigenvalue weighted by Gasteiger charge is -2.07. The van der Waals surface area contributed by atoms with Crippen molar-refractivity contribution in [2.45, 2.75) is 13.5 Å². The van der Waals surface area contributed by atoms with Crippen LogP contribution in [0.15, 0.2) is 42.5 Å². The van der Waals surface area contributed by atoms with Crippen molar-refractivity contribution in [2.24, 2.45) is 0 Å². The number of halogens is 3. The van der Waals surface area contributed by atoms with Crippen molar-refractivity contribution in [1.29, 1.82) is 0 Å². The Morgan fingerprint density at radius 2 is 1.89 bits per heavy atom. The highest BCUT2D eigenvalue weighted by Gasteiger charge is 2.17. The maximum absolute atomic E-state index is 13.5. The topological polar surface area (TPSA) is 60.5 Å². The van der Waals surface area contributed by atoms with Gasteiger partial charge in [0.25, 0.3) is 5.91 Å². The smallest absolute Gasteiger partial charge is 0.387 e. The number of nitrogens with zero attached hydrogens (tertiary/aromatic N) is 1. The molecule has 0 aliphatic carbocycles. The lowest BCUT2D eigenvalue weighted by Crippen LogP contribution is -2.13. The molecule has 0 saturated heterocycles. The number of ether oxygens (including phenoxy) is 2. The number of anilines is 1. The van der Waals surface area contributed by atoms with E-state index >= 15 is 0 Å². The fourth-order valence-corrected chi connectivity index (χ4v) is 3.36. The van der Waals surface area contributed by atoms with Crippen molar-refractivity contribution in [3.63, 3.8) is 0 Å². The molecule has 0 saturated carbocycles. The Bertz CT molecular complexity index is 991. The Balaban J connectivity index is 1.81. The molecule has 0 spiro atoms. The molecule has 28 heavy (non-hydrogen) atoms. The second kappa shape index (κ2) is 8.30. The van der Waals surface area contributed by atoms with E-state index in [1.807, 2.05) is 6.92 Å². The quantitative estimate of drug-likeness (QED) is 0.615. The molecule has 0 aliphatic rings. The number of hydrogen-bond donors (Lipinski definition) is 1. The Kier molecular flexibility index (Phi) is 5.84. The highest BCUT2D eigenvalue weighted by Crippen LogP contribution is 2.32. The Morgan fingerprint density at radius 3 is 2.54 bits per heavy atom. The molecular weight excluding hydrogens is 393 g/mol. The number of benzene rings is 2. The summed E-state index contributed by atoms with van der Waals surface area (Å²) >= 11 is 1.24. The molecule has 0 atom stereocenters. The molecule has 0 fully saturated rings. The number of aromatic nitrogens is 1. The van der Waals surface area contributed by atoms with Gasteiger partial charge in [-0.15, -0.1) is 11.3 Å². The van der Waals surface area contributed by atoms with E-state index in [9.17, 15) is 18.0 Å². The molecule has 1 heterocycles. The first-order valence-corrected chi connectivity index (χ1v) is 8.86. The highest BCUT2D eigenvalue weighted by molar-refractivity contribution is 7.16. The molecule has 1 amide bonds. The number of carbonyl (C=O) groups is 1. The summed E-state index contributed by atoms with van der Waals surface area (Å²) in [6, 6.07) is 9.67. The van der Waals surface area contributed by atoms with E-state index in [1.165, 1.54) is 42.7 Å². The summed E-state index contributed by atoms with van der Waals surface area (Å²) in [5, 5.41) is 2.94. The first-order valence-electron chi connectivity index (χ1n) is 8.05. The van der Waals surface area contributed by atoms with Crippen LogP contribution in [-0.2, 0) is 0 Å². The first-order chi connectivity index (χ1) is 13.4. The second-order valence-corrected chi connectivity index (χ2v) is 6.83. The van der Waals surface area contributed by atoms with E-state index in [-0.39, 0.29) is 17.1 Å². The van der Waals surface area contributed by atoms with Crippen LogP contribution in [0.5, 0.6) is 11.5 Å². The van der Waals surface area contributed by atoms with Crippen molar-refractivity contribution in [1.82, 2.24) is 4.98 Å². The molecule has 0 aliphatic heterocycles. The van der Waals surface area contributed by atoms with Crippen LogP contribution < -0.4 is 14.8 Å². The normalized spacial score (nSPS) is 10.8. The summed E-state index contributed by atoms with van der Waals surface area (Å²) < 4.78 is 47.4. The zero-order valence-corrected chi connectivity index (χ0v) is 15.6. The van der Waals surface area contributed by atoms with Gasteiger partial charge in [0.05, 0.1) is 18.4 Å². The number of hydrogen-bond acceptors (Lipinski definition) is 5. The lowest BCUT2D eigenvalue weighted by molar-refractivity contribution is -0.0498. The minimum absolute atomic E-state index is 0.0401. The monoisotopic (exact) mass is 408 g/mol. The van der Waals surface area contributed by atoms with Crippen LogP contribution in [0, 0.1) is 12.7 Å². The van der Waals surface area contributed by atoms with Gasteiger partial charge >= 0.3 is 6.61 Å². The van der Waals surface area contributed by atoms with E-state index < -0.39 is 18.3 Å². The van der Waals surface area contributed by atoms with Crippen LogP contribution >= 0.6 is 11.3 Å². The van der Waals surface area contributed by atoms with Gasteiger partial charge in [-0.25, -0.2) is 9.37 Å². The fraction of sp³-hybridized carbons (Fsp3) is 0.158. The number of alkyl halides is 2. The summed E-state index contributed by atoms with van der Waals surface area (Å²) in [7, 11) is 1.39. The zero-order valence-electron chi connectivity index (χ0n) is 14.8. The maximum atomic E-state index is 13.5. The average Bonchev–Trinajstić information content (AvgIpc) is 3.02. The summed E-state index contributed by atoms with van der Waals surface area (Å²) in [5.41, 5.74) is 1.32. The molecule has 1 N–H and O–H groups in total. The van der Waals surface area contributed by atoms with E-state index in [0.29, 0.717) is 16.4 Å². The van der Waals surface area contributed by atoms with Gasteiger partial charge in [0, 0.05) is 10.4 Å². The standard InChI is InChI=1S/C19H15F3N2O3S/c1-10-16(11-3-6-13(7-4-11)27-18(21)22)23-19(28-10)24-17(25)14-9-12(20)5-8-15(14)26-2/h3-9,18H,1-2H3,(H,23,24,25). The molecule has 146 valence electrons. The molecular formula is C19H15F3N2O3S. The second-order valence-electron chi connectivity index (χ2n) is 5.63.